The third kappa shape index (κ3) is 2.20. The van der Waals surface area contributed by atoms with Crippen LogP contribution in [0.3, 0.4) is 0 Å². The summed E-state index contributed by atoms with van der Waals surface area (Å²) >= 11 is 0. The molecule has 2 heteroatoms. The van der Waals surface area contributed by atoms with Gasteiger partial charge in [-0.25, -0.2) is 0 Å². The minimum absolute atomic E-state index is 0.601. The highest BCUT2D eigenvalue weighted by molar-refractivity contribution is 4.82. The van der Waals surface area contributed by atoms with Crippen molar-refractivity contribution in [1.82, 2.24) is 5.32 Å². The molecule has 0 amide bonds. The Morgan fingerprint density at radius 2 is 2.00 bits per heavy atom. The van der Waals surface area contributed by atoms with Crippen LogP contribution in [0, 0.1) is 11.8 Å². The summed E-state index contributed by atoms with van der Waals surface area (Å²) in [5.41, 5.74) is 0. The van der Waals surface area contributed by atoms with Gasteiger partial charge in [0, 0.05) is 6.61 Å². The van der Waals surface area contributed by atoms with E-state index in [1.165, 1.54) is 32.2 Å². The minimum atomic E-state index is 0.601. The lowest BCUT2D eigenvalue weighted by Gasteiger charge is -2.35. The zero-order chi connectivity index (χ0) is 8.39. The van der Waals surface area contributed by atoms with Crippen LogP contribution in [-0.2, 0) is 4.74 Å². The molecule has 0 atom stereocenters. The topological polar surface area (TPSA) is 21.3 Å². The number of ether oxygens (including phenoxy) is 1. The third-order valence-corrected chi connectivity index (χ3v) is 2.95. The third-order valence-electron chi connectivity index (χ3n) is 2.95. The summed E-state index contributed by atoms with van der Waals surface area (Å²) in [5, 5.41) is 3.21. The molecule has 2 aliphatic rings. The molecular weight excluding hydrogens is 150 g/mol. The molecule has 2 aliphatic carbocycles. The van der Waals surface area contributed by atoms with Crippen LogP contribution in [0.1, 0.15) is 25.7 Å². The second kappa shape index (κ2) is 3.75. The second-order valence-corrected chi connectivity index (χ2v) is 4.29. The first-order valence-corrected chi connectivity index (χ1v) is 5.14. The smallest absolute Gasteiger partial charge is 0.0581 e. The Morgan fingerprint density at radius 3 is 2.58 bits per heavy atom. The zero-order valence-corrected chi connectivity index (χ0v) is 7.88. The average Bonchev–Trinajstić information content (AvgIpc) is 2.76. The van der Waals surface area contributed by atoms with Crippen molar-refractivity contribution in [2.45, 2.75) is 31.8 Å². The van der Waals surface area contributed by atoms with Crippen LogP contribution >= 0.6 is 0 Å². The van der Waals surface area contributed by atoms with Crippen molar-refractivity contribution in [1.29, 1.82) is 0 Å². The molecule has 2 nitrogen and oxygen atoms in total. The van der Waals surface area contributed by atoms with Gasteiger partial charge in [-0.3, -0.25) is 0 Å². The van der Waals surface area contributed by atoms with Crippen molar-refractivity contribution in [2.75, 3.05) is 20.2 Å². The molecule has 0 unspecified atom stereocenters. The average molecular weight is 169 g/mol. The summed E-state index contributed by atoms with van der Waals surface area (Å²) in [4.78, 5) is 0. The molecule has 0 aromatic heterocycles. The van der Waals surface area contributed by atoms with Crippen molar-refractivity contribution in [3.8, 4) is 0 Å². The van der Waals surface area contributed by atoms with Crippen LogP contribution in [0.15, 0.2) is 0 Å². The van der Waals surface area contributed by atoms with Crippen LogP contribution in [0.4, 0.5) is 0 Å². The second-order valence-electron chi connectivity index (χ2n) is 4.29. The largest absolute Gasteiger partial charge is 0.378 e. The molecular formula is C10H19NO. The Labute approximate surface area is 74.7 Å². The molecule has 0 bridgehead atoms. The van der Waals surface area contributed by atoms with Gasteiger partial charge in [-0.05, 0) is 51.1 Å². The molecule has 0 radical (unpaired) electrons. The lowest BCUT2D eigenvalue weighted by atomic mass is 9.82. The van der Waals surface area contributed by atoms with Gasteiger partial charge in [0.05, 0.1) is 6.10 Å². The van der Waals surface area contributed by atoms with Gasteiger partial charge in [-0.2, -0.15) is 0 Å². The first-order chi connectivity index (χ1) is 5.88. The van der Waals surface area contributed by atoms with E-state index < -0.39 is 0 Å². The Morgan fingerprint density at radius 1 is 1.25 bits per heavy atom. The Balaban J connectivity index is 1.49. The first-order valence-electron chi connectivity index (χ1n) is 5.14. The van der Waals surface area contributed by atoms with Crippen LogP contribution in [0.5, 0.6) is 0 Å². The van der Waals surface area contributed by atoms with Gasteiger partial charge in [0.15, 0.2) is 0 Å². The first kappa shape index (κ1) is 8.52. The molecule has 2 rings (SSSR count). The highest BCUT2D eigenvalue weighted by atomic mass is 16.5. The predicted octanol–water partition coefficient (Wildman–Crippen LogP) is 1.41. The van der Waals surface area contributed by atoms with Gasteiger partial charge in [0.2, 0.25) is 0 Å². The van der Waals surface area contributed by atoms with Crippen molar-refractivity contribution < 1.29 is 4.74 Å². The number of hydrogen-bond acceptors (Lipinski definition) is 2. The summed E-state index contributed by atoms with van der Waals surface area (Å²) in [7, 11) is 2.03. The molecule has 1 N–H and O–H groups in total. The Kier molecular flexibility index (Phi) is 2.66. The molecule has 0 spiro atoms. The maximum atomic E-state index is 5.75. The van der Waals surface area contributed by atoms with Crippen molar-refractivity contribution in [3.63, 3.8) is 0 Å². The molecule has 2 saturated carbocycles. The maximum Gasteiger partial charge on any atom is 0.0581 e. The summed E-state index contributed by atoms with van der Waals surface area (Å²) < 4.78 is 5.75. The molecule has 0 aromatic rings. The minimum Gasteiger partial charge on any atom is -0.378 e. The fraction of sp³-hybridized carbons (Fsp3) is 1.00. The van der Waals surface area contributed by atoms with Gasteiger partial charge in [0.1, 0.15) is 0 Å². The maximum absolute atomic E-state index is 5.75. The molecule has 0 aromatic carbocycles. The van der Waals surface area contributed by atoms with Gasteiger partial charge in [0.25, 0.3) is 0 Å². The SMILES string of the molecule is CNCC1CC(OCC2CC2)C1. The highest BCUT2D eigenvalue weighted by Crippen LogP contribution is 2.34. The van der Waals surface area contributed by atoms with Crippen molar-refractivity contribution in [2.24, 2.45) is 11.8 Å². The van der Waals surface area contributed by atoms with E-state index in [1.807, 2.05) is 7.05 Å². The Bertz CT molecular complexity index is 139. The van der Waals surface area contributed by atoms with Gasteiger partial charge in [-0.15, -0.1) is 0 Å². The summed E-state index contributed by atoms with van der Waals surface area (Å²) in [6.07, 6.45) is 5.99. The monoisotopic (exact) mass is 169 g/mol. The van der Waals surface area contributed by atoms with E-state index in [1.54, 1.807) is 0 Å². The molecule has 12 heavy (non-hydrogen) atoms. The number of hydrogen-bond donors (Lipinski definition) is 1. The lowest BCUT2D eigenvalue weighted by molar-refractivity contribution is -0.0338. The number of rotatable bonds is 5. The van der Waals surface area contributed by atoms with E-state index in [4.69, 9.17) is 4.74 Å². The fourth-order valence-electron chi connectivity index (χ4n) is 1.82. The molecule has 70 valence electrons. The van der Waals surface area contributed by atoms with Gasteiger partial charge < -0.3 is 10.1 Å². The summed E-state index contributed by atoms with van der Waals surface area (Å²) in [5.74, 6) is 1.81. The molecule has 0 heterocycles. The molecule has 2 fully saturated rings. The van der Waals surface area contributed by atoms with E-state index in [0.29, 0.717) is 6.10 Å². The normalized spacial score (nSPS) is 34.8. The van der Waals surface area contributed by atoms with E-state index in [9.17, 15) is 0 Å². The van der Waals surface area contributed by atoms with Gasteiger partial charge >= 0.3 is 0 Å². The summed E-state index contributed by atoms with van der Waals surface area (Å²) in [6, 6.07) is 0. The Hall–Kier alpha value is -0.0800. The van der Waals surface area contributed by atoms with Crippen LogP contribution < -0.4 is 5.32 Å². The van der Waals surface area contributed by atoms with Crippen molar-refractivity contribution >= 4 is 0 Å². The van der Waals surface area contributed by atoms with Crippen LogP contribution in [0.25, 0.3) is 0 Å². The number of nitrogens with one attached hydrogen (secondary N) is 1. The summed E-state index contributed by atoms with van der Waals surface area (Å²) in [6.45, 7) is 2.21. The lowest BCUT2D eigenvalue weighted by Crippen LogP contribution is -2.37. The van der Waals surface area contributed by atoms with E-state index in [-0.39, 0.29) is 0 Å². The molecule has 0 saturated heterocycles. The van der Waals surface area contributed by atoms with E-state index in [2.05, 4.69) is 5.32 Å². The van der Waals surface area contributed by atoms with Gasteiger partial charge in [-0.1, -0.05) is 0 Å². The molecule has 0 aliphatic heterocycles. The zero-order valence-electron chi connectivity index (χ0n) is 7.88. The standard InChI is InChI=1S/C10H19NO/c1-11-6-9-4-10(5-9)12-7-8-2-3-8/h8-11H,2-7H2,1H3. The highest BCUT2D eigenvalue weighted by Gasteiger charge is 2.31. The van der Waals surface area contributed by atoms with Crippen molar-refractivity contribution in [3.05, 3.63) is 0 Å². The van der Waals surface area contributed by atoms with Crippen LogP contribution in [-0.4, -0.2) is 26.3 Å². The predicted molar refractivity (Wildman–Crippen MR) is 49.1 cm³/mol. The van der Waals surface area contributed by atoms with E-state index in [0.717, 1.165) is 18.4 Å². The quantitative estimate of drug-likeness (QED) is 0.672. The fourth-order valence-corrected chi connectivity index (χ4v) is 1.82. The van der Waals surface area contributed by atoms with Crippen LogP contribution in [0.2, 0.25) is 0 Å². The van der Waals surface area contributed by atoms with E-state index >= 15 is 0 Å².